The Kier molecular flexibility index (Phi) is 7.29. The molecule has 3 aromatic carbocycles. The SMILES string of the molecule is CC(C)N(C(=O)CN1C(=O)C(CC2=CNC3C=CC=CC23)c2nnc(-c3cccc(O)c3)n2-c2ccccc21)c1ccccc1. The van der Waals surface area contributed by atoms with Crippen LogP contribution in [0.1, 0.15) is 32.0 Å². The van der Waals surface area contributed by atoms with E-state index in [1.165, 1.54) is 0 Å². The average Bonchev–Trinajstić information content (AvgIpc) is 3.65. The zero-order valence-corrected chi connectivity index (χ0v) is 25.1. The van der Waals surface area contributed by atoms with Crippen LogP contribution >= 0.6 is 0 Å². The van der Waals surface area contributed by atoms with Crippen molar-refractivity contribution in [3.05, 3.63) is 121 Å². The van der Waals surface area contributed by atoms with Gasteiger partial charge in [0.2, 0.25) is 11.8 Å². The van der Waals surface area contributed by atoms with E-state index in [4.69, 9.17) is 0 Å². The summed E-state index contributed by atoms with van der Waals surface area (Å²) < 4.78 is 1.91. The number of aromatic hydroxyl groups is 1. The smallest absolute Gasteiger partial charge is 0.247 e. The molecule has 2 amide bonds. The number of aromatic nitrogens is 3. The normalized spacial score (nSPS) is 19.8. The zero-order valence-electron chi connectivity index (χ0n) is 25.1. The lowest BCUT2D eigenvalue weighted by Gasteiger charge is -2.31. The molecular formula is C36H34N6O3. The number of amides is 2. The summed E-state index contributed by atoms with van der Waals surface area (Å²) in [5.41, 5.74) is 3.80. The number of benzene rings is 3. The van der Waals surface area contributed by atoms with Crippen molar-refractivity contribution in [2.75, 3.05) is 16.3 Å². The number of rotatable bonds is 7. The number of fused-ring (bicyclic) bond motifs is 4. The number of carbonyl (C=O) groups is 2. The first-order chi connectivity index (χ1) is 21.9. The number of phenolic OH excluding ortho intramolecular Hbond substituents is 1. The summed E-state index contributed by atoms with van der Waals surface area (Å²) in [5, 5.41) is 22.9. The van der Waals surface area contributed by atoms with Crippen LogP contribution < -0.4 is 15.1 Å². The van der Waals surface area contributed by atoms with Crippen LogP contribution in [0.2, 0.25) is 0 Å². The maximum Gasteiger partial charge on any atom is 0.247 e. The Morgan fingerprint density at radius 1 is 0.956 bits per heavy atom. The summed E-state index contributed by atoms with van der Waals surface area (Å²) >= 11 is 0. The second kappa shape index (κ2) is 11.6. The van der Waals surface area contributed by atoms with E-state index in [2.05, 4.69) is 27.7 Å². The van der Waals surface area contributed by atoms with Crippen LogP contribution in [-0.2, 0) is 9.59 Å². The van der Waals surface area contributed by atoms with Gasteiger partial charge in [0.25, 0.3) is 0 Å². The lowest BCUT2D eigenvalue weighted by molar-refractivity contribution is -0.123. The van der Waals surface area contributed by atoms with Crippen molar-refractivity contribution in [2.24, 2.45) is 5.92 Å². The standard InChI is InChI=1S/C36H34N6O3/c1-23(2)41(26-12-4-3-5-13-26)33(44)22-40-31-17-8-9-18-32(31)42-34(24-11-10-14-27(43)19-24)38-39-35(42)29(36(40)45)20-25-21-37-30-16-7-6-15-28(25)30/h3-19,21,23,28-30,37,43H,20,22H2,1-2H3. The van der Waals surface area contributed by atoms with Crippen LogP contribution in [-0.4, -0.2) is 50.3 Å². The van der Waals surface area contributed by atoms with Crippen molar-refractivity contribution < 1.29 is 14.7 Å². The van der Waals surface area contributed by atoms with E-state index in [9.17, 15) is 14.7 Å². The highest BCUT2D eigenvalue weighted by Gasteiger charge is 2.41. The highest BCUT2D eigenvalue weighted by atomic mass is 16.3. The Labute approximate surface area is 261 Å². The molecule has 0 fully saturated rings. The highest BCUT2D eigenvalue weighted by Crippen LogP contribution is 2.42. The molecule has 0 spiro atoms. The number of hydrogen-bond acceptors (Lipinski definition) is 6. The molecule has 3 heterocycles. The van der Waals surface area contributed by atoms with E-state index in [-0.39, 0.29) is 42.1 Å². The molecule has 226 valence electrons. The number of nitrogens with zero attached hydrogens (tertiary/aromatic N) is 5. The first-order valence-electron chi connectivity index (χ1n) is 15.2. The third kappa shape index (κ3) is 5.10. The quantitative estimate of drug-likeness (QED) is 0.291. The zero-order chi connectivity index (χ0) is 31.1. The van der Waals surface area contributed by atoms with Gasteiger partial charge in [-0.05, 0) is 68.4 Å². The number of allylic oxidation sites excluding steroid dienone is 2. The van der Waals surface area contributed by atoms with Gasteiger partial charge < -0.3 is 20.2 Å². The van der Waals surface area contributed by atoms with Crippen LogP contribution in [0, 0.1) is 5.92 Å². The topological polar surface area (TPSA) is 104 Å². The first-order valence-corrected chi connectivity index (χ1v) is 15.2. The molecule has 2 N–H and O–H groups in total. The molecule has 0 bridgehead atoms. The van der Waals surface area contributed by atoms with Crippen LogP contribution in [0.4, 0.5) is 11.4 Å². The Morgan fingerprint density at radius 2 is 1.71 bits per heavy atom. The predicted octanol–water partition coefficient (Wildman–Crippen LogP) is 5.50. The molecule has 45 heavy (non-hydrogen) atoms. The van der Waals surface area contributed by atoms with Gasteiger partial charge in [-0.2, -0.15) is 0 Å². The van der Waals surface area contributed by atoms with Gasteiger partial charge in [0.05, 0.1) is 17.4 Å². The fourth-order valence-electron chi connectivity index (χ4n) is 6.61. The van der Waals surface area contributed by atoms with Crippen LogP contribution in [0.3, 0.4) is 0 Å². The molecule has 3 unspecified atom stereocenters. The van der Waals surface area contributed by atoms with Gasteiger partial charge in [0.15, 0.2) is 11.6 Å². The Balaban J connectivity index is 1.35. The molecule has 4 aromatic rings. The van der Waals surface area contributed by atoms with Crippen molar-refractivity contribution in [3.8, 4) is 22.8 Å². The van der Waals surface area contributed by atoms with Gasteiger partial charge in [-0.15, -0.1) is 10.2 Å². The number of hydrogen-bond donors (Lipinski definition) is 2. The van der Waals surface area contributed by atoms with Crippen LogP contribution in [0.15, 0.2) is 115 Å². The van der Waals surface area contributed by atoms with Gasteiger partial charge in [0, 0.05) is 23.2 Å². The fourth-order valence-corrected chi connectivity index (χ4v) is 6.61. The van der Waals surface area contributed by atoms with Crippen molar-refractivity contribution in [2.45, 2.75) is 38.3 Å². The minimum absolute atomic E-state index is 0.103. The summed E-state index contributed by atoms with van der Waals surface area (Å²) in [4.78, 5) is 32.3. The van der Waals surface area contributed by atoms with Crippen molar-refractivity contribution >= 4 is 23.2 Å². The third-order valence-corrected chi connectivity index (χ3v) is 8.66. The number of anilines is 2. The summed E-state index contributed by atoms with van der Waals surface area (Å²) in [5.74, 6) is 0.0752. The molecule has 9 nitrogen and oxygen atoms in total. The largest absolute Gasteiger partial charge is 0.508 e. The molecule has 0 saturated carbocycles. The highest BCUT2D eigenvalue weighted by molar-refractivity contribution is 6.07. The number of nitrogens with one attached hydrogen (secondary N) is 1. The Hall–Kier alpha value is -5.44. The van der Waals surface area contributed by atoms with Crippen molar-refractivity contribution in [1.29, 1.82) is 0 Å². The van der Waals surface area contributed by atoms with E-state index >= 15 is 0 Å². The van der Waals surface area contributed by atoms with E-state index in [0.717, 1.165) is 11.3 Å². The maximum absolute atomic E-state index is 14.8. The van der Waals surface area contributed by atoms with Crippen LogP contribution in [0.5, 0.6) is 5.75 Å². The second-order valence-corrected chi connectivity index (χ2v) is 11.8. The third-order valence-electron chi connectivity index (χ3n) is 8.66. The molecule has 7 rings (SSSR count). The molecule has 1 aliphatic carbocycles. The van der Waals surface area contributed by atoms with Gasteiger partial charge >= 0.3 is 0 Å². The van der Waals surface area contributed by atoms with E-state index < -0.39 is 5.92 Å². The second-order valence-electron chi connectivity index (χ2n) is 11.8. The van der Waals surface area contributed by atoms with Crippen molar-refractivity contribution in [3.63, 3.8) is 0 Å². The predicted molar refractivity (Wildman–Crippen MR) is 174 cm³/mol. The maximum atomic E-state index is 14.8. The first kappa shape index (κ1) is 28.3. The number of phenols is 1. The minimum Gasteiger partial charge on any atom is -0.508 e. The molecule has 3 aliphatic rings. The summed E-state index contributed by atoms with van der Waals surface area (Å²) in [6.07, 6.45) is 10.7. The summed E-state index contributed by atoms with van der Waals surface area (Å²) in [6, 6.07) is 23.9. The van der Waals surface area contributed by atoms with Gasteiger partial charge in [-0.1, -0.05) is 66.8 Å². The molecule has 0 radical (unpaired) electrons. The summed E-state index contributed by atoms with van der Waals surface area (Å²) in [7, 11) is 0. The van der Waals surface area contributed by atoms with Gasteiger partial charge in [-0.25, -0.2) is 0 Å². The Bertz CT molecular complexity index is 1860. The van der Waals surface area contributed by atoms with E-state index in [1.807, 2.05) is 97.4 Å². The minimum atomic E-state index is -0.723. The Morgan fingerprint density at radius 3 is 2.49 bits per heavy atom. The summed E-state index contributed by atoms with van der Waals surface area (Å²) in [6.45, 7) is 3.79. The molecule has 9 heteroatoms. The van der Waals surface area contributed by atoms with E-state index in [1.54, 1.807) is 28.0 Å². The lowest BCUT2D eigenvalue weighted by Crippen LogP contribution is -2.47. The molecular weight excluding hydrogens is 564 g/mol. The lowest BCUT2D eigenvalue weighted by atomic mass is 9.85. The molecule has 0 saturated heterocycles. The fraction of sp³-hybridized carbons (Fsp3) is 0.222. The van der Waals surface area contributed by atoms with Gasteiger partial charge in [0.1, 0.15) is 18.2 Å². The molecule has 3 atom stereocenters. The monoisotopic (exact) mass is 598 g/mol. The van der Waals surface area contributed by atoms with Crippen molar-refractivity contribution in [1.82, 2.24) is 20.1 Å². The average molecular weight is 599 g/mol. The molecule has 1 aromatic heterocycles. The number of para-hydroxylation sites is 3. The van der Waals surface area contributed by atoms with E-state index in [0.29, 0.717) is 35.0 Å². The van der Waals surface area contributed by atoms with Gasteiger partial charge in [-0.3, -0.25) is 14.2 Å². The van der Waals surface area contributed by atoms with Crippen LogP contribution in [0.25, 0.3) is 17.1 Å². The molecule has 2 aliphatic heterocycles. The number of carbonyl (C=O) groups excluding carboxylic acids is 2.